The minimum Gasteiger partial charge on any atom is -0.497 e. The molecule has 16 nitrogen and oxygen atoms in total. The second kappa shape index (κ2) is 33.9. The van der Waals surface area contributed by atoms with E-state index >= 15 is 0 Å². The Morgan fingerprint density at radius 2 is 0.928 bits per heavy atom. The number of amides is 2. The van der Waals surface area contributed by atoms with Crippen LogP contribution in [-0.4, -0.2) is 120 Å². The SMILES string of the molecule is C1CNCCCNCCCNC1.COc1ccc(COC(=O)N2CCCNCCCN(C(=O)OCc3ccc(C)cc3)CCC2)cc1.Cc1ccc(COC(=O)O/N=C(\C#N)c2ccccc2)cc1. The van der Waals surface area contributed by atoms with Gasteiger partial charge in [-0.2, -0.15) is 5.26 Å². The zero-order chi connectivity index (χ0) is 49.2. The van der Waals surface area contributed by atoms with Crippen LogP contribution in [-0.2, 0) is 38.9 Å². The van der Waals surface area contributed by atoms with Gasteiger partial charge in [-0.05, 0) is 134 Å². The summed E-state index contributed by atoms with van der Waals surface area (Å²) < 4.78 is 21.2. The lowest BCUT2D eigenvalue weighted by molar-refractivity contribution is 0.0521. The number of rotatable bonds is 9. The maximum Gasteiger partial charge on any atom is 0.535 e. The molecule has 2 heterocycles. The summed E-state index contributed by atoms with van der Waals surface area (Å²) in [7, 11) is 1.62. The van der Waals surface area contributed by atoms with E-state index in [1.807, 2.05) is 98.8 Å². The molecular weight excluding hydrogens is 877 g/mol. The highest BCUT2D eigenvalue weighted by Crippen LogP contribution is 2.14. The molecule has 4 N–H and O–H groups in total. The number of oxime groups is 1. The van der Waals surface area contributed by atoms with Crippen LogP contribution in [0, 0.1) is 25.2 Å². The van der Waals surface area contributed by atoms with Crippen molar-refractivity contribution in [2.45, 2.75) is 72.2 Å². The zero-order valence-corrected chi connectivity index (χ0v) is 40.7. The van der Waals surface area contributed by atoms with E-state index in [2.05, 4.69) is 31.3 Å². The summed E-state index contributed by atoms with van der Waals surface area (Å²) in [6.07, 6.45) is 4.51. The Morgan fingerprint density at radius 3 is 1.35 bits per heavy atom. The van der Waals surface area contributed by atoms with Crippen LogP contribution in [0.5, 0.6) is 5.75 Å². The number of nitrogens with one attached hydrogen (secondary N) is 4. The first-order valence-electron chi connectivity index (χ1n) is 24.0. The van der Waals surface area contributed by atoms with E-state index in [-0.39, 0.29) is 37.7 Å². The molecule has 0 spiro atoms. The van der Waals surface area contributed by atoms with E-state index in [1.54, 1.807) is 41.2 Å². The molecule has 6 rings (SSSR count). The summed E-state index contributed by atoms with van der Waals surface area (Å²) in [4.78, 5) is 45.0. The number of benzene rings is 4. The van der Waals surface area contributed by atoms with Crippen LogP contribution in [0.1, 0.15) is 71.9 Å². The number of aryl methyl sites for hydroxylation is 2. The third-order valence-electron chi connectivity index (χ3n) is 10.9. The van der Waals surface area contributed by atoms with Gasteiger partial charge in [0.25, 0.3) is 0 Å². The smallest absolute Gasteiger partial charge is 0.497 e. The van der Waals surface area contributed by atoms with E-state index in [4.69, 9.17) is 24.2 Å². The number of nitriles is 1. The topological polar surface area (TPSA) is 188 Å². The number of nitrogens with zero attached hydrogens (tertiary/aromatic N) is 4. The summed E-state index contributed by atoms with van der Waals surface area (Å²) in [6.45, 7) is 15.4. The molecule has 2 amide bonds. The summed E-state index contributed by atoms with van der Waals surface area (Å²) in [6, 6.07) is 33.6. The van der Waals surface area contributed by atoms with Crippen LogP contribution in [0.25, 0.3) is 0 Å². The Labute approximate surface area is 408 Å². The van der Waals surface area contributed by atoms with Crippen LogP contribution in [0.2, 0.25) is 0 Å². The summed E-state index contributed by atoms with van der Waals surface area (Å²) in [5.74, 6) is 0.762. The van der Waals surface area contributed by atoms with Crippen molar-refractivity contribution in [2.75, 3.05) is 85.6 Å². The molecule has 2 fully saturated rings. The molecule has 2 saturated heterocycles. The Hall–Kier alpha value is -6.51. The lowest BCUT2D eigenvalue weighted by Crippen LogP contribution is -2.40. The van der Waals surface area contributed by atoms with Gasteiger partial charge in [0.05, 0.1) is 7.11 Å². The molecule has 0 aliphatic carbocycles. The van der Waals surface area contributed by atoms with Crippen molar-refractivity contribution in [3.8, 4) is 11.8 Å². The Kier molecular flexibility index (Phi) is 27.1. The molecular formula is C53H72N8O8. The van der Waals surface area contributed by atoms with Gasteiger partial charge in [-0.15, -0.1) is 0 Å². The van der Waals surface area contributed by atoms with Crippen LogP contribution < -0.4 is 26.0 Å². The molecule has 0 saturated carbocycles. The fourth-order valence-electron chi connectivity index (χ4n) is 6.89. The lowest BCUT2D eigenvalue weighted by atomic mass is 10.1. The molecule has 69 heavy (non-hydrogen) atoms. The van der Waals surface area contributed by atoms with Crippen LogP contribution in [0.3, 0.4) is 0 Å². The third-order valence-corrected chi connectivity index (χ3v) is 10.9. The van der Waals surface area contributed by atoms with Gasteiger partial charge in [0.2, 0.25) is 0 Å². The number of ether oxygens (including phenoxy) is 4. The zero-order valence-electron chi connectivity index (χ0n) is 40.7. The van der Waals surface area contributed by atoms with Crippen molar-refractivity contribution in [3.63, 3.8) is 0 Å². The van der Waals surface area contributed by atoms with Gasteiger partial charge < -0.3 is 50.0 Å². The highest BCUT2D eigenvalue weighted by molar-refractivity contribution is 6.11. The molecule has 4 aromatic carbocycles. The molecule has 0 atom stereocenters. The molecule has 2 aliphatic heterocycles. The van der Waals surface area contributed by atoms with E-state index in [1.165, 1.54) is 24.8 Å². The molecule has 0 bridgehead atoms. The van der Waals surface area contributed by atoms with Gasteiger partial charge in [-0.1, -0.05) is 107 Å². The predicted molar refractivity (Wildman–Crippen MR) is 268 cm³/mol. The number of carbonyl (C=O) groups is 3. The molecule has 372 valence electrons. The normalized spacial score (nSPS) is 15.4. The average molecular weight is 949 g/mol. The standard InChI is InChI=1S/C27H37N3O5.C17H14N2O3.C9H21N3/c1-22-6-8-23(9-7-22)20-34-26(31)29-16-3-14-28-15-4-17-30(19-5-18-29)27(32)35-21-24-10-12-25(33-2)13-11-24;1-13-7-9-14(10-8-13)12-21-17(20)22-19-16(11-18)15-5-3-2-4-6-15;1-4-10-6-2-8-12-9-3-7-11-5-1/h6-13,28H,3-5,14-21H2,1-2H3;2-10H,12H2,1H3;10-12H,1-9H2/b;19-16+;. The maximum atomic E-state index is 12.8. The molecule has 0 unspecified atom stereocenters. The first kappa shape index (κ1) is 55.1. The van der Waals surface area contributed by atoms with E-state index in [0.717, 1.165) is 93.2 Å². The first-order chi connectivity index (χ1) is 33.7. The molecule has 16 heteroatoms. The predicted octanol–water partition coefficient (Wildman–Crippen LogP) is 7.87. The fraction of sp³-hybridized carbons (Fsp3) is 0.453. The van der Waals surface area contributed by atoms with Crippen molar-refractivity contribution >= 4 is 24.1 Å². The van der Waals surface area contributed by atoms with Crippen molar-refractivity contribution in [3.05, 3.63) is 137 Å². The largest absolute Gasteiger partial charge is 0.535 e. The Balaban J connectivity index is 0.000000257. The van der Waals surface area contributed by atoms with Crippen molar-refractivity contribution in [2.24, 2.45) is 5.16 Å². The quantitative estimate of drug-likeness (QED) is 0.0418. The van der Waals surface area contributed by atoms with Gasteiger partial charge in [0.15, 0.2) is 5.71 Å². The van der Waals surface area contributed by atoms with Gasteiger partial charge >= 0.3 is 18.3 Å². The fourth-order valence-corrected chi connectivity index (χ4v) is 6.89. The molecule has 0 aromatic heterocycles. The highest BCUT2D eigenvalue weighted by atomic mass is 16.8. The van der Waals surface area contributed by atoms with Crippen LogP contribution in [0.4, 0.5) is 14.4 Å². The molecule has 0 radical (unpaired) electrons. The summed E-state index contributed by atoms with van der Waals surface area (Å²) in [5.41, 5.74) is 5.57. The minimum absolute atomic E-state index is 0.00730. The van der Waals surface area contributed by atoms with Gasteiger partial charge in [0.1, 0.15) is 31.6 Å². The number of hydrogen-bond donors (Lipinski definition) is 4. The summed E-state index contributed by atoms with van der Waals surface area (Å²) in [5, 5.41) is 26.2. The van der Waals surface area contributed by atoms with Crippen LogP contribution in [0.15, 0.2) is 108 Å². The second-order valence-electron chi connectivity index (χ2n) is 16.6. The Morgan fingerprint density at radius 1 is 0.536 bits per heavy atom. The lowest BCUT2D eigenvalue weighted by Gasteiger charge is -2.26. The molecule has 2 aliphatic rings. The minimum atomic E-state index is -0.954. The number of methoxy groups -OCH3 is 1. The van der Waals surface area contributed by atoms with Gasteiger partial charge in [-0.3, -0.25) is 4.84 Å². The third kappa shape index (κ3) is 23.9. The van der Waals surface area contributed by atoms with Gasteiger partial charge in [-0.25, -0.2) is 14.4 Å². The van der Waals surface area contributed by atoms with Gasteiger partial charge in [0, 0.05) is 31.7 Å². The van der Waals surface area contributed by atoms with Crippen LogP contribution >= 0.6 is 0 Å². The van der Waals surface area contributed by atoms with E-state index < -0.39 is 6.16 Å². The summed E-state index contributed by atoms with van der Waals surface area (Å²) >= 11 is 0. The van der Waals surface area contributed by atoms with Crippen molar-refractivity contribution in [1.82, 2.24) is 31.1 Å². The highest BCUT2D eigenvalue weighted by Gasteiger charge is 2.19. The Bertz CT molecular complexity index is 2070. The monoisotopic (exact) mass is 949 g/mol. The van der Waals surface area contributed by atoms with E-state index in [0.29, 0.717) is 38.2 Å². The first-order valence-corrected chi connectivity index (χ1v) is 24.0. The van der Waals surface area contributed by atoms with Crippen molar-refractivity contribution in [1.29, 1.82) is 5.26 Å². The molecule has 4 aromatic rings. The maximum absolute atomic E-state index is 12.8. The van der Waals surface area contributed by atoms with Crippen molar-refractivity contribution < 1.29 is 38.2 Å². The van der Waals surface area contributed by atoms with E-state index in [9.17, 15) is 14.4 Å². The average Bonchev–Trinajstić information content (AvgIpc) is 3.36. The number of hydrogen-bond acceptors (Lipinski definition) is 14. The number of carbonyl (C=O) groups excluding carboxylic acids is 3. The second-order valence-corrected chi connectivity index (χ2v) is 16.6.